The molecule has 0 bridgehead atoms. The van der Waals surface area contributed by atoms with Crippen molar-refractivity contribution in [2.24, 2.45) is 0 Å². The van der Waals surface area contributed by atoms with Crippen LogP contribution in [0, 0.1) is 0 Å². The summed E-state index contributed by atoms with van der Waals surface area (Å²) >= 11 is 0. The van der Waals surface area contributed by atoms with Crippen LogP contribution in [0.4, 0.5) is 0 Å². The van der Waals surface area contributed by atoms with Crippen LogP contribution in [-0.2, 0) is 6.54 Å². The number of likely N-dealkylation sites (tertiary alicyclic amines) is 1. The number of phenolic OH excluding ortho intramolecular Hbond substituents is 1. The third-order valence-corrected chi connectivity index (χ3v) is 3.42. The highest BCUT2D eigenvalue weighted by molar-refractivity contribution is 5.50. The number of phenols is 1. The molecule has 100 valence electrons. The van der Waals surface area contributed by atoms with Gasteiger partial charge in [-0.15, -0.1) is 0 Å². The van der Waals surface area contributed by atoms with E-state index in [-0.39, 0.29) is 5.75 Å². The number of methoxy groups -OCH3 is 2. The summed E-state index contributed by atoms with van der Waals surface area (Å²) < 4.78 is 10.7. The number of rotatable bonds is 4. The Hall–Kier alpha value is -1.42. The van der Waals surface area contributed by atoms with E-state index in [1.165, 1.54) is 19.3 Å². The van der Waals surface area contributed by atoms with E-state index in [0.29, 0.717) is 11.5 Å². The van der Waals surface area contributed by atoms with Gasteiger partial charge in [0.1, 0.15) is 17.2 Å². The minimum Gasteiger partial charge on any atom is -0.508 e. The second-order valence-electron chi connectivity index (χ2n) is 4.67. The van der Waals surface area contributed by atoms with Crippen LogP contribution in [0.5, 0.6) is 17.2 Å². The van der Waals surface area contributed by atoms with Gasteiger partial charge >= 0.3 is 0 Å². The molecule has 4 heteroatoms. The molecule has 1 N–H and O–H groups in total. The fourth-order valence-electron chi connectivity index (χ4n) is 2.47. The Kier molecular flexibility index (Phi) is 4.31. The van der Waals surface area contributed by atoms with Crippen molar-refractivity contribution >= 4 is 0 Å². The summed E-state index contributed by atoms with van der Waals surface area (Å²) in [6.07, 6.45) is 3.83. The molecule has 0 aliphatic carbocycles. The first-order valence-corrected chi connectivity index (χ1v) is 6.41. The van der Waals surface area contributed by atoms with Gasteiger partial charge in [-0.25, -0.2) is 0 Å². The third-order valence-electron chi connectivity index (χ3n) is 3.42. The van der Waals surface area contributed by atoms with Crippen LogP contribution in [0.2, 0.25) is 0 Å². The first-order chi connectivity index (χ1) is 8.74. The summed E-state index contributed by atoms with van der Waals surface area (Å²) in [4.78, 5) is 2.40. The molecule has 1 aliphatic rings. The molecule has 0 amide bonds. The minimum absolute atomic E-state index is 0.172. The molecule has 4 nitrogen and oxygen atoms in total. The molecular formula is C14H21NO3. The Balaban J connectivity index is 2.23. The van der Waals surface area contributed by atoms with Gasteiger partial charge < -0.3 is 14.6 Å². The summed E-state index contributed by atoms with van der Waals surface area (Å²) in [7, 11) is 3.24. The molecule has 1 heterocycles. The molecule has 0 unspecified atom stereocenters. The lowest BCUT2D eigenvalue weighted by Crippen LogP contribution is -2.29. The predicted molar refractivity (Wildman–Crippen MR) is 70.3 cm³/mol. The van der Waals surface area contributed by atoms with Crippen LogP contribution in [0.3, 0.4) is 0 Å². The van der Waals surface area contributed by atoms with E-state index < -0.39 is 0 Å². The fourth-order valence-corrected chi connectivity index (χ4v) is 2.47. The summed E-state index contributed by atoms with van der Waals surface area (Å²) in [5.74, 6) is 1.56. The smallest absolute Gasteiger partial charge is 0.130 e. The van der Waals surface area contributed by atoms with Gasteiger partial charge in [-0.3, -0.25) is 4.90 Å². The van der Waals surface area contributed by atoms with Crippen molar-refractivity contribution in [3.8, 4) is 17.2 Å². The minimum atomic E-state index is 0.172. The molecule has 0 saturated carbocycles. The number of aromatic hydroxyl groups is 1. The highest BCUT2D eigenvalue weighted by atomic mass is 16.5. The molecule has 1 aromatic carbocycles. The van der Waals surface area contributed by atoms with E-state index in [1.54, 1.807) is 26.4 Å². The van der Waals surface area contributed by atoms with Crippen molar-refractivity contribution in [3.63, 3.8) is 0 Å². The summed E-state index contributed by atoms with van der Waals surface area (Å²) in [5, 5.41) is 9.61. The van der Waals surface area contributed by atoms with Gasteiger partial charge in [-0.1, -0.05) is 6.42 Å². The highest BCUT2D eigenvalue weighted by Crippen LogP contribution is 2.34. The van der Waals surface area contributed by atoms with E-state index in [9.17, 15) is 5.11 Å². The van der Waals surface area contributed by atoms with Crippen LogP contribution < -0.4 is 9.47 Å². The lowest BCUT2D eigenvalue weighted by molar-refractivity contribution is 0.215. The molecule has 1 fully saturated rings. The van der Waals surface area contributed by atoms with Crippen molar-refractivity contribution in [2.45, 2.75) is 25.8 Å². The number of benzene rings is 1. The fraction of sp³-hybridized carbons (Fsp3) is 0.571. The maximum Gasteiger partial charge on any atom is 0.130 e. The van der Waals surface area contributed by atoms with Crippen LogP contribution in [0.15, 0.2) is 12.1 Å². The average molecular weight is 251 g/mol. The van der Waals surface area contributed by atoms with Gasteiger partial charge in [0.05, 0.1) is 19.8 Å². The molecule has 1 aromatic rings. The molecule has 0 atom stereocenters. The summed E-state index contributed by atoms with van der Waals surface area (Å²) in [6, 6.07) is 3.28. The lowest BCUT2D eigenvalue weighted by Gasteiger charge is -2.27. The van der Waals surface area contributed by atoms with Gasteiger partial charge in [0.2, 0.25) is 0 Å². The standard InChI is InChI=1S/C14H21NO3/c1-17-13-8-11(16)9-14(18-2)12(13)10-15-6-4-3-5-7-15/h8-9,16H,3-7,10H2,1-2H3. The molecular weight excluding hydrogens is 230 g/mol. The molecule has 1 saturated heterocycles. The normalized spacial score (nSPS) is 16.6. The van der Waals surface area contributed by atoms with Crippen molar-refractivity contribution in [3.05, 3.63) is 17.7 Å². The Morgan fingerprint density at radius 3 is 2.11 bits per heavy atom. The lowest BCUT2D eigenvalue weighted by atomic mass is 10.1. The zero-order chi connectivity index (χ0) is 13.0. The number of hydrogen-bond donors (Lipinski definition) is 1. The quantitative estimate of drug-likeness (QED) is 0.892. The molecule has 0 aromatic heterocycles. The van der Waals surface area contributed by atoms with Gasteiger partial charge in [0.25, 0.3) is 0 Å². The topological polar surface area (TPSA) is 41.9 Å². The number of ether oxygens (including phenoxy) is 2. The number of piperidine rings is 1. The second kappa shape index (κ2) is 5.96. The summed E-state index contributed by atoms with van der Waals surface area (Å²) in [6.45, 7) is 3.05. The zero-order valence-electron chi connectivity index (χ0n) is 11.1. The van der Waals surface area contributed by atoms with Crippen molar-refractivity contribution < 1.29 is 14.6 Å². The maximum atomic E-state index is 9.61. The third kappa shape index (κ3) is 2.88. The van der Waals surface area contributed by atoms with Crippen molar-refractivity contribution in [1.82, 2.24) is 4.90 Å². The van der Waals surface area contributed by atoms with Crippen LogP contribution in [-0.4, -0.2) is 37.3 Å². The van der Waals surface area contributed by atoms with Crippen LogP contribution in [0.25, 0.3) is 0 Å². The van der Waals surface area contributed by atoms with E-state index >= 15 is 0 Å². The first kappa shape index (κ1) is 13.0. The van der Waals surface area contributed by atoms with Gasteiger partial charge in [-0.2, -0.15) is 0 Å². The van der Waals surface area contributed by atoms with E-state index in [4.69, 9.17) is 9.47 Å². The maximum absolute atomic E-state index is 9.61. The largest absolute Gasteiger partial charge is 0.508 e. The van der Waals surface area contributed by atoms with Gasteiger partial charge in [-0.05, 0) is 25.9 Å². The van der Waals surface area contributed by atoms with Gasteiger partial charge in [0, 0.05) is 18.7 Å². The van der Waals surface area contributed by atoms with E-state index in [0.717, 1.165) is 25.2 Å². The Morgan fingerprint density at radius 2 is 1.61 bits per heavy atom. The van der Waals surface area contributed by atoms with Crippen LogP contribution >= 0.6 is 0 Å². The van der Waals surface area contributed by atoms with E-state index in [2.05, 4.69) is 4.90 Å². The molecule has 0 spiro atoms. The van der Waals surface area contributed by atoms with Crippen molar-refractivity contribution in [2.75, 3.05) is 27.3 Å². The van der Waals surface area contributed by atoms with Crippen LogP contribution in [0.1, 0.15) is 24.8 Å². The Bertz CT molecular complexity index is 375. The predicted octanol–water partition coefficient (Wildman–Crippen LogP) is 2.40. The summed E-state index contributed by atoms with van der Waals surface area (Å²) in [5.41, 5.74) is 1.01. The number of hydrogen-bond acceptors (Lipinski definition) is 4. The van der Waals surface area contributed by atoms with E-state index in [1.807, 2.05) is 0 Å². The molecule has 0 radical (unpaired) electrons. The monoisotopic (exact) mass is 251 g/mol. The highest BCUT2D eigenvalue weighted by Gasteiger charge is 2.17. The number of nitrogens with zero attached hydrogens (tertiary/aromatic N) is 1. The molecule has 2 rings (SSSR count). The molecule has 18 heavy (non-hydrogen) atoms. The Morgan fingerprint density at radius 1 is 1.06 bits per heavy atom. The van der Waals surface area contributed by atoms with Gasteiger partial charge in [0.15, 0.2) is 0 Å². The average Bonchev–Trinajstić information content (AvgIpc) is 2.41. The SMILES string of the molecule is COc1cc(O)cc(OC)c1CN1CCCCC1. The molecule has 1 aliphatic heterocycles. The first-order valence-electron chi connectivity index (χ1n) is 6.41. The Labute approximate surface area is 108 Å². The zero-order valence-corrected chi connectivity index (χ0v) is 11.1. The van der Waals surface area contributed by atoms with Crippen molar-refractivity contribution in [1.29, 1.82) is 0 Å². The second-order valence-corrected chi connectivity index (χ2v) is 4.67.